The van der Waals surface area contributed by atoms with E-state index in [9.17, 15) is 9.90 Å². The number of aromatic nitrogens is 3. The van der Waals surface area contributed by atoms with Crippen molar-refractivity contribution in [2.24, 2.45) is 0 Å². The van der Waals surface area contributed by atoms with Crippen LogP contribution < -0.4 is 0 Å². The Labute approximate surface area is 133 Å². The fourth-order valence-corrected chi connectivity index (χ4v) is 2.63. The van der Waals surface area contributed by atoms with Gasteiger partial charge in [0.05, 0.1) is 11.8 Å². The summed E-state index contributed by atoms with van der Waals surface area (Å²) in [5, 5.41) is 17.5. The first-order valence-corrected chi connectivity index (χ1v) is 8.15. The average molecular weight is 310 g/mol. The summed E-state index contributed by atoms with van der Waals surface area (Å²) in [6.07, 6.45) is 3.92. The molecule has 0 saturated heterocycles. The van der Waals surface area contributed by atoms with Crippen molar-refractivity contribution in [3.8, 4) is 0 Å². The largest absolute Gasteiger partial charge is 0.393 e. The van der Waals surface area contributed by atoms with E-state index in [1.54, 1.807) is 11.6 Å². The summed E-state index contributed by atoms with van der Waals surface area (Å²) in [5.41, 5.74) is 0.862. The molecule has 0 radical (unpaired) electrons. The molecule has 1 rings (SSSR count). The van der Waals surface area contributed by atoms with Crippen LogP contribution in [0.15, 0.2) is 6.20 Å². The van der Waals surface area contributed by atoms with Gasteiger partial charge in [-0.3, -0.25) is 4.79 Å². The Morgan fingerprint density at radius 2 is 1.82 bits per heavy atom. The van der Waals surface area contributed by atoms with Crippen molar-refractivity contribution >= 4 is 5.91 Å². The minimum absolute atomic E-state index is 0.0606. The molecule has 0 aliphatic carbocycles. The first-order valence-electron chi connectivity index (χ1n) is 8.15. The number of nitrogens with zero attached hydrogens (tertiary/aromatic N) is 4. The van der Waals surface area contributed by atoms with Crippen molar-refractivity contribution in [1.29, 1.82) is 0 Å². The van der Waals surface area contributed by atoms with Crippen LogP contribution in [0.1, 0.15) is 66.1 Å². The van der Waals surface area contributed by atoms with Gasteiger partial charge in [0.25, 0.3) is 0 Å². The highest BCUT2D eigenvalue weighted by Gasteiger charge is 2.26. The molecule has 1 amide bonds. The fraction of sp³-hybridized carbons (Fsp3) is 0.812. The van der Waals surface area contributed by atoms with Gasteiger partial charge < -0.3 is 10.0 Å². The molecule has 0 spiro atoms. The van der Waals surface area contributed by atoms with Gasteiger partial charge in [-0.1, -0.05) is 5.21 Å². The number of carbonyl (C=O) groups excluding carboxylic acids is 1. The van der Waals surface area contributed by atoms with Gasteiger partial charge in [-0.05, 0) is 60.8 Å². The van der Waals surface area contributed by atoms with Gasteiger partial charge in [0.2, 0.25) is 5.91 Å². The fourth-order valence-electron chi connectivity index (χ4n) is 2.63. The van der Waals surface area contributed by atoms with Crippen molar-refractivity contribution in [2.45, 2.75) is 85.0 Å². The summed E-state index contributed by atoms with van der Waals surface area (Å²) in [7, 11) is 0. The monoisotopic (exact) mass is 310 g/mol. The second-order valence-corrected chi connectivity index (χ2v) is 6.54. The minimum atomic E-state index is -0.359. The Hall–Kier alpha value is -1.43. The molecular weight excluding hydrogens is 280 g/mol. The standard InChI is InChI=1S/C16H30N4O2/c1-11(2)20(12(3)4)16(22)14(6)19-10-15(17-18-19)9-7-8-13(5)21/h10-14,21H,7-9H2,1-6H3/t13-,14?/m1/s1. The lowest BCUT2D eigenvalue weighted by Crippen LogP contribution is -2.45. The summed E-state index contributed by atoms with van der Waals surface area (Å²) in [6, 6.07) is -0.0456. The Balaban J connectivity index is 2.71. The third kappa shape index (κ3) is 5.09. The maximum atomic E-state index is 12.6. The highest BCUT2D eigenvalue weighted by Crippen LogP contribution is 2.15. The van der Waals surface area contributed by atoms with E-state index in [-0.39, 0.29) is 30.1 Å². The van der Waals surface area contributed by atoms with Crippen molar-refractivity contribution in [3.05, 3.63) is 11.9 Å². The summed E-state index contributed by atoms with van der Waals surface area (Å²) in [6.45, 7) is 11.7. The minimum Gasteiger partial charge on any atom is -0.393 e. The van der Waals surface area contributed by atoms with Crippen LogP contribution in [0.5, 0.6) is 0 Å². The van der Waals surface area contributed by atoms with Gasteiger partial charge >= 0.3 is 0 Å². The van der Waals surface area contributed by atoms with E-state index in [2.05, 4.69) is 10.3 Å². The van der Waals surface area contributed by atoms with Crippen LogP contribution >= 0.6 is 0 Å². The molecule has 1 heterocycles. The number of hydrogen-bond acceptors (Lipinski definition) is 4. The van der Waals surface area contributed by atoms with Gasteiger partial charge in [-0.2, -0.15) is 0 Å². The van der Waals surface area contributed by atoms with Gasteiger partial charge in [-0.25, -0.2) is 4.68 Å². The zero-order valence-corrected chi connectivity index (χ0v) is 14.7. The summed E-state index contributed by atoms with van der Waals surface area (Å²) < 4.78 is 1.64. The normalized spacial score (nSPS) is 14.4. The molecule has 1 aromatic heterocycles. The Morgan fingerprint density at radius 3 is 2.32 bits per heavy atom. The highest BCUT2D eigenvalue weighted by atomic mass is 16.3. The summed E-state index contributed by atoms with van der Waals surface area (Å²) in [5.74, 6) is 0.0606. The molecule has 126 valence electrons. The second-order valence-electron chi connectivity index (χ2n) is 6.54. The van der Waals surface area contributed by atoms with E-state index in [0.29, 0.717) is 0 Å². The average Bonchev–Trinajstić information content (AvgIpc) is 2.85. The van der Waals surface area contributed by atoms with Crippen LogP contribution in [0.4, 0.5) is 0 Å². The molecule has 22 heavy (non-hydrogen) atoms. The number of amides is 1. The molecule has 1 unspecified atom stereocenters. The Kier molecular flexibility index (Phi) is 7.00. The van der Waals surface area contributed by atoms with Crippen LogP contribution in [-0.4, -0.2) is 49.1 Å². The van der Waals surface area contributed by atoms with Gasteiger partial charge in [-0.15, -0.1) is 5.10 Å². The zero-order valence-electron chi connectivity index (χ0n) is 14.7. The maximum absolute atomic E-state index is 12.6. The Bertz CT molecular complexity index is 460. The van der Waals surface area contributed by atoms with Crippen LogP contribution in [-0.2, 0) is 11.2 Å². The summed E-state index contributed by atoms with van der Waals surface area (Å²) >= 11 is 0. The molecule has 0 aliphatic heterocycles. The SMILES string of the molecule is CC(C)N(C(=O)C(C)n1cc(CCC[C@@H](C)O)nn1)C(C)C. The molecule has 6 nitrogen and oxygen atoms in total. The third-order valence-electron chi connectivity index (χ3n) is 3.73. The second kappa shape index (κ2) is 8.27. The van der Waals surface area contributed by atoms with Crippen LogP contribution in [0.25, 0.3) is 0 Å². The number of carbonyl (C=O) groups is 1. The maximum Gasteiger partial charge on any atom is 0.247 e. The van der Waals surface area contributed by atoms with E-state index in [0.717, 1.165) is 25.0 Å². The molecule has 0 aliphatic rings. The molecule has 2 atom stereocenters. The quantitative estimate of drug-likeness (QED) is 0.799. The first-order chi connectivity index (χ1) is 10.2. The smallest absolute Gasteiger partial charge is 0.247 e. The van der Waals surface area contributed by atoms with Gasteiger partial charge in [0.15, 0.2) is 0 Å². The lowest BCUT2D eigenvalue weighted by Gasteiger charge is -2.32. The van der Waals surface area contributed by atoms with E-state index in [1.165, 1.54) is 0 Å². The molecular formula is C16H30N4O2. The zero-order chi connectivity index (χ0) is 16.9. The van der Waals surface area contributed by atoms with E-state index >= 15 is 0 Å². The molecule has 0 bridgehead atoms. The summed E-state index contributed by atoms with van der Waals surface area (Å²) in [4.78, 5) is 14.5. The topological polar surface area (TPSA) is 71.2 Å². The predicted molar refractivity (Wildman–Crippen MR) is 86.5 cm³/mol. The lowest BCUT2D eigenvalue weighted by atomic mass is 10.1. The van der Waals surface area contributed by atoms with Crippen molar-refractivity contribution in [1.82, 2.24) is 19.9 Å². The van der Waals surface area contributed by atoms with Crippen LogP contribution in [0, 0.1) is 0 Å². The lowest BCUT2D eigenvalue weighted by molar-refractivity contribution is -0.138. The van der Waals surface area contributed by atoms with Gasteiger partial charge in [0.1, 0.15) is 6.04 Å². The highest BCUT2D eigenvalue weighted by molar-refractivity contribution is 5.80. The number of rotatable bonds is 8. The Morgan fingerprint density at radius 1 is 1.23 bits per heavy atom. The van der Waals surface area contributed by atoms with Crippen molar-refractivity contribution in [2.75, 3.05) is 0 Å². The molecule has 1 N–H and O–H groups in total. The number of aliphatic hydroxyl groups excluding tert-OH is 1. The molecule has 0 saturated carbocycles. The molecule has 6 heteroatoms. The van der Waals surface area contributed by atoms with Crippen molar-refractivity contribution < 1.29 is 9.90 Å². The van der Waals surface area contributed by atoms with E-state index < -0.39 is 0 Å². The van der Waals surface area contributed by atoms with E-state index in [4.69, 9.17) is 0 Å². The van der Waals surface area contributed by atoms with Gasteiger partial charge in [0, 0.05) is 18.3 Å². The van der Waals surface area contributed by atoms with E-state index in [1.807, 2.05) is 45.7 Å². The number of aryl methyl sites for hydroxylation is 1. The first kappa shape index (κ1) is 18.6. The number of hydrogen-bond donors (Lipinski definition) is 1. The predicted octanol–water partition coefficient (Wildman–Crippen LogP) is 2.19. The third-order valence-corrected chi connectivity index (χ3v) is 3.73. The number of aliphatic hydroxyl groups is 1. The molecule has 1 aromatic rings. The molecule has 0 fully saturated rings. The van der Waals surface area contributed by atoms with Crippen molar-refractivity contribution in [3.63, 3.8) is 0 Å². The van der Waals surface area contributed by atoms with Crippen LogP contribution in [0.2, 0.25) is 0 Å². The van der Waals surface area contributed by atoms with Crippen LogP contribution in [0.3, 0.4) is 0 Å². The molecule has 0 aromatic carbocycles.